The molecule has 2 aromatic carbocycles. The van der Waals surface area contributed by atoms with Crippen LogP contribution in [0.1, 0.15) is 83.0 Å². The van der Waals surface area contributed by atoms with Gasteiger partial charge in [0.25, 0.3) is 17.7 Å². The number of nitrogens with zero attached hydrogens (tertiary/aromatic N) is 2. The number of amides is 7. The number of imide groups is 1. The van der Waals surface area contributed by atoms with E-state index in [1.165, 1.54) is 32.3 Å². The number of phenols is 2. The molecule has 2 aliphatic carbocycles. The number of rotatable bonds is 15. The number of hydrogen-bond donors (Lipinski definition) is 9. The van der Waals surface area contributed by atoms with Gasteiger partial charge in [0.2, 0.25) is 30.4 Å². The van der Waals surface area contributed by atoms with E-state index in [2.05, 4.69) is 37.4 Å². The summed E-state index contributed by atoms with van der Waals surface area (Å²) < 4.78 is 21.3. The molecule has 7 rings (SSSR count). The third-order valence-corrected chi connectivity index (χ3v) is 12.2. The molecule has 0 bridgehead atoms. The Morgan fingerprint density at radius 2 is 1.61 bits per heavy atom. The van der Waals surface area contributed by atoms with Crippen LogP contribution in [0.2, 0.25) is 0 Å². The Morgan fingerprint density at radius 1 is 0.930 bits per heavy atom. The molecule has 10 N–H and O–H groups in total. The molecule has 71 heavy (non-hydrogen) atoms. The zero-order valence-corrected chi connectivity index (χ0v) is 40.3. The van der Waals surface area contributed by atoms with Gasteiger partial charge in [-0.2, -0.15) is 0 Å². The topological polar surface area (TPSA) is 344 Å². The van der Waals surface area contributed by atoms with Crippen LogP contribution in [-0.2, 0) is 60.6 Å². The number of nitrogens with one attached hydrogen (secondary N) is 5. The first-order chi connectivity index (χ1) is 34.0. The van der Waals surface area contributed by atoms with Gasteiger partial charge in [-0.3, -0.25) is 58.4 Å². The molecule has 0 aromatic heterocycles. The first-order valence-electron chi connectivity index (χ1n) is 23.0. The Kier molecular flexibility index (Phi) is 22.0. The maximum atomic E-state index is 13.3. The number of morpholine rings is 1. The predicted molar refractivity (Wildman–Crippen MR) is 251 cm³/mol. The zero-order valence-electron chi connectivity index (χ0n) is 40.3. The van der Waals surface area contributed by atoms with Gasteiger partial charge in [0, 0.05) is 100 Å². The fraction of sp³-hybridized carbons (Fsp3) is 0.511. The molecule has 6 atom stereocenters. The molecule has 0 spiro atoms. The van der Waals surface area contributed by atoms with Crippen LogP contribution in [0.5, 0.6) is 17.2 Å². The molecular weight excluding hydrogens is 933 g/mol. The van der Waals surface area contributed by atoms with E-state index in [9.17, 15) is 53.7 Å². The van der Waals surface area contributed by atoms with Crippen molar-refractivity contribution in [2.45, 2.75) is 83.5 Å². The van der Waals surface area contributed by atoms with Crippen LogP contribution in [0, 0.1) is 5.92 Å². The lowest BCUT2D eigenvalue weighted by Gasteiger charge is -2.43. The maximum Gasteiger partial charge on any atom is 0.256 e. The molecule has 6 unspecified atom stereocenters. The smallest absolute Gasteiger partial charge is 0.256 e. The van der Waals surface area contributed by atoms with E-state index in [1.807, 2.05) is 13.8 Å². The van der Waals surface area contributed by atoms with Crippen molar-refractivity contribution in [3.63, 3.8) is 0 Å². The molecule has 388 valence electrons. The summed E-state index contributed by atoms with van der Waals surface area (Å²) >= 11 is 0. The number of aliphatic hydroxyl groups is 1. The highest BCUT2D eigenvalue weighted by atomic mass is 16.7. The fourth-order valence-corrected chi connectivity index (χ4v) is 8.45. The number of primary amides is 1. The molecule has 2 aromatic rings. The lowest BCUT2D eigenvalue weighted by Crippen LogP contribution is -2.57. The van der Waals surface area contributed by atoms with Crippen LogP contribution >= 0.6 is 0 Å². The van der Waals surface area contributed by atoms with E-state index in [4.69, 9.17) is 23.7 Å². The fourth-order valence-electron chi connectivity index (χ4n) is 8.45. The van der Waals surface area contributed by atoms with E-state index in [0.29, 0.717) is 31.5 Å². The molecule has 7 amide bonds. The number of aromatic hydroxyl groups is 2. The number of methoxy groups -OCH3 is 2. The molecule has 2 saturated heterocycles. The summed E-state index contributed by atoms with van der Waals surface area (Å²) in [4.78, 5) is 107. The SMILES string of the molecule is CCNC(=O)CCN1C(=O)C=CC1=O.COC1CN(C2CCOC(C)C2O)CCO1.COc1cccc2c1C(=O)c1c(O)c3c(c(O)c1C2=O)CC(C(=O)NCCNNC(=O)C(C)NC=O)CC3.NC=O. The van der Waals surface area contributed by atoms with Gasteiger partial charge in [-0.15, -0.1) is 0 Å². The predicted octanol–water partition coefficient (Wildman–Crippen LogP) is -1.77. The summed E-state index contributed by atoms with van der Waals surface area (Å²) in [5.74, 6) is -3.92. The number of nitrogens with two attached hydrogens (primary N) is 1. The van der Waals surface area contributed by atoms with Gasteiger partial charge < -0.3 is 56.0 Å². The highest BCUT2D eigenvalue weighted by molar-refractivity contribution is 6.31. The van der Waals surface area contributed by atoms with Crippen molar-refractivity contribution in [3.8, 4) is 17.2 Å². The van der Waals surface area contributed by atoms with E-state index in [0.717, 1.165) is 31.0 Å². The van der Waals surface area contributed by atoms with Crippen LogP contribution in [0.3, 0.4) is 0 Å². The zero-order chi connectivity index (χ0) is 52.4. The second-order valence-electron chi connectivity index (χ2n) is 16.6. The Labute approximate surface area is 409 Å². The van der Waals surface area contributed by atoms with Crippen LogP contribution in [-0.4, -0.2) is 176 Å². The monoisotopic (exact) mass is 996 g/mol. The minimum atomic E-state index is -0.718. The highest BCUT2D eigenvalue weighted by Gasteiger charge is 2.41. The molecule has 2 fully saturated rings. The van der Waals surface area contributed by atoms with E-state index in [-0.39, 0.29) is 127 Å². The first-order valence-corrected chi connectivity index (χ1v) is 23.0. The van der Waals surface area contributed by atoms with Crippen molar-refractivity contribution in [2.75, 3.05) is 66.7 Å². The van der Waals surface area contributed by atoms with Crippen molar-refractivity contribution in [2.24, 2.45) is 11.7 Å². The summed E-state index contributed by atoms with van der Waals surface area (Å²) in [5, 5.41) is 39.9. The lowest BCUT2D eigenvalue weighted by molar-refractivity contribution is -0.190. The summed E-state index contributed by atoms with van der Waals surface area (Å²) in [6.07, 6.45) is 4.10. The van der Waals surface area contributed by atoms with Gasteiger partial charge >= 0.3 is 0 Å². The van der Waals surface area contributed by atoms with Crippen LogP contribution < -0.4 is 37.3 Å². The minimum Gasteiger partial charge on any atom is -0.507 e. The van der Waals surface area contributed by atoms with E-state index in [1.54, 1.807) is 19.2 Å². The van der Waals surface area contributed by atoms with Gasteiger partial charge in [0.05, 0.1) is 42.6 Å². The Balaban J connectivity index is 0.000000270. The quantitative estimate of drug-likeness (QED) is 0.0267. The Bertz CT molecular complexity index is 2290. The lowest BCUT2D eigenvalue weighted by atomic mass is 9.75. The minimum absolute atomic E-state index is 0.0365. The number of hydrogen-bond acceptors (Lipinski definition) is 18. The summed E-state index contributed by atoms with van der Waals surface area (Å²) in [6.45, 7) is 9.32. The summed E-state index contributed by atoms with van der Waals surface area (Å²) in [7, 11) is 3.02. The second kappa shape index (κ2) is 27.5. The van der Waals surface area contributed by atoms with Gasteiger partial charge in [-0.1, -0.05) is 12.1 Å². The highest BCUT2D eigenvalue weighted by Crippen LogP contribution is 2.47. The number of carbonyl (C=O) groups is 9. The Morgan fingerprint density at radius 3 is 2.25 bits per heavy atom. The summed E-state index contributed by atoms with van der Waals surface area (Å²) in [5.41, 5.74) is 9.41. The number of hydrazine groups is 1. The van der Waals surface area contributed by atoms with Gasteiger partial charge in [0.1, 0.15) is 23.3 Å². The second-order valence-corrected chi connectivity index (χ2v) is 16.6. The van der Waals surface area contributed by atoms with Crippen LogP contribution in [0.25, 0.3) is 0 Å². The number of benzene rings is 2. The number of aliphatic hydroxyl groups excluding tert-OH is 1. The van der Waals surface area contributed by atoms with Crippen LogP contribution in [0.4, 0.5) is 0 Å². The van der Waals surface area contributed by atoms with Crippen molar-refractivity contribution >= 4 is 53.9 Å². The van der Waals surface area contributed by atoms with Gasteiger partial charge in [-0.05, 0) is 52.5 Å². The molecule has 24 heteroatoms. The standard InChI is InChI=1S/C26H28N4O8.C11H21NO4.C9H12N2O3.CH3NO/c1-12(28-11-31)25(36)30-29-9-8-27-26(37)13-6-7-14-16(10-13)23(34)19-20(21(14)32)24(35)18-15(22(19)33)4-3-5-17(18)38-2;1-8-11(13)9(3-5-15-8)12-4-6-16-10(7-12)14-2;1-2-10-7(12)5-6-11-8(13)3-4-9(11)14;2-1-3/h3-5,11-13,29,32,34H,6-10H2,1-2H3,(H,27,37)(H,28,31)(H,30,36);8-11,13H,3-7H2,1-2H3;3-4H,2,5-6H2,1H3,(H,10,12);1H,(H2,2,3). The Hall–Kier alpha value is -6.83. The number of fused-ring (bicyclic) bond motifs is 3. The molecule has 0 radical (unpaired) electrons. The van der Waals surface area contributed by atoms with Crippen LogP contribution in [0.15, 0.2) is 30.4 Å². The molecular formula is C47H64N8O16. The average Bonchev–Trinajstić information content (AvgIpc) is 3.69. The number of ketones is 2. The molecule has 24 nitrogen and oxygen atoms in total. The third kappa shape index (κ3) is 14.4. The molecule has 0 saturated carbocycles. The van der Waals surface area contributed by atoms with Crippen molar-refractivity contribution < 1.29 is 77.4 Å². The van der Waals surface area contributed by atoms with Gasteiger partial charge in [-0.25, -0.2) is 5.43 Å². The average molecular weight is 997 g/mol. The van der Waals surface area contributed by atoms with E-state index < -0.39 is 41.3 Å². The van der Waals surface area contributed by atoms with Crippen molar-refractivity contribution in [3.05, 3.63) is 63.7 Å². The first kappa shape index (κ1) is 56.8. The maximum absolute atomic E-state index is 13.3. The number of carbonyl (C=O) groups excluding carboxylic acids is 9. The largest absolute Gasteiger partial charge is 0.507 e. The van der Waals surface area contributed by atoms with Crippen molar-refractivity contribution in [1.29, 1.82) is 0 Å². The molecule has 3 aliphatic heterocycles. The number of phenolic OH excluding ortho intramolecular Hbond substituents is 2. The van der Waals surface area contributed by atoms with E-state index >= 15 is 0 Å². The van der Waals surface area contributed by atoms with Gasteiger partial charge in [0.15, 0.2) is 12.1 Å². The molecule has 3 heterocycles. The normalized spacial score (nSPS) is 21.4. The third-order valence-electron chi connectivity index (χ3n) is 12.2. The number of ether oxygens (including phenoxy) is 4. The van der Waals surface area contributed by atoms with Crippen molar-refractivity contribution in [1.82, 2.24) is 36.6 Å². The molecule has 5 aliphatic rings. The summed E-state index contributed by atoms with van der Waals surface area (Å²) in [6, 6.07) is 4.02.